The summed E-state index contributed by atoms with van der Waals surface area (Å²) in [5.74, 6) is -1.77. The number of hydrogen-bond donors (Lipinski definition) is 2. The van der Waals surface area contributed by atoms with E-state index >= 15 is 0 Å². The third-order valence-corrected chi connectivity index (χ3v) is 5.15. The van der Waals surface area contributed by atoms with Gasteiger partial charge in [-0.3, -0.25) is 9.59 Å². The zero-order valence-electron chi connectivity index (χ0n) is 17.2. The fourth-order valence-electron chi connectivity index (χ4n) is 3.44. The summed E-state index contributed by atoms with van der Waals surface area (Å²) in [4.78, 5) is 25.8. The molecule has 0 saturated carbocycles. The number of Topliss-reactive ketones (excluding diaryl/α,β-unsaturated/α-hetero) is 2. The highest BCUT2D eigenvalue weighted by atomic mass is 16.3. The third kappa shape index (κ3) is 3.13. The van der Waals surface area contributed by atoms with Crippen molar-refractivity contribution in [2.45, 2.75) is 52.4 Å². The van der Waals surface area contributed by atoms with Crippen LogP contribution < -0.4 is 0 Å². The van der Waals surface area contributed by atoms with E-state index in [1.807, 2.05) is 47.6 Å². The fraction of sp³-hybridized carbons (Fsp3) is 0.333. The van der Waals surface area contributed by atoms with Crippen LogP contribution >= 0.6 is 0 Å². The Bertz CT molecular complexity index is 1030. The summed E-state index contributed by atoms with van der Waals surface area (Å²) in [6, 6.07) is 10.0. The smallest absolute Gasteiger partial charge is 0.228 e. The molecule has 0 atom stereocenters. The topological polar surface area (TPSA) is 74.6 Å². The number of phenols is 1. The van der Waals surface area contributed by atoms with Crippen molar-refractivity contribution in [3.63, 3.8) is 0 Å². The zero-order chi connectivity index (χ0) is 21.0. The summed E-state index contributed by atoms with van der Waals surface area (Å²) < 4.78 is 0. The molecule has 2 N–H and O–H groups in total. The lowest BCUT2D eigenvalue weighted by Gasteiger charge is -2.28. The highest BCUT2D eigenvalue weighted by Gasteiger charge is 2.36. The SMILES string of the molecule is CC(C)(C)c1cc(C2=C(O)C(=O)c3ccccc3C2=O)c(O)c(C(C)(C)C)c1. The zero-order valence-corrected chi connectivity index (χ0v) is 17.2. The van der Waals surface area contributed by atoms with E-state index in [1.54, 1.807) is 24.3 Å². The maximum absolute atomic E-state index is 13.2. The first-order valence-corrected chi connectivity index (χ1v) is 9.34. The Morgan fingerprint density at radius 3 is 1.75 bits per heavy atom. The summed E-state index contributed by atoms with van der Waals surface area (Å²) in [5.41, 5.74) is 1.39. The van der Waals surface area contributed by atoms with Gasteiger partial charge in [-0.05, 0) is 22.5 Å². The fourth-order valence-corrected chi connectivity index (χ4v) is 3.44. The molecule has 4 heteroatoms. The second kappa shape index (κ2) is 6.33. The monoisotopic (exact) mass is 378 g/mol. The van der Waals surface area contributed by atoms with E-state index in [1.165, 1.54) is 6.07 Å². The Kier molecular flexibility index (Phi) is 4.49. The number of benzene rings is 2. The molecule has 0 radical (unpaired) electrons. The largest absolute Gasteiger partial charge is 0.507 e. The molecule has 146 valence electrons. The van der Waals surface area contributed by atoms with Crippen molar-refractivity contribution in [1.82, 2.24) is 0 Å². The number of ketones is 2. The second-order valence-corrected chi connectivity index (χ2v) is 9.35. The molecular weight excluding hydrogens is 352 g/mol. The van der Waals surface area contributed by atoms with Gasteiger partial charge < -0.3 is 10.2 Å². The van der Waals surface area contributed by atoms with Crippen LogP contribution in [0.25, 0.3) is 5.57 Å². The molecule has 1 aliphatic rings. The van der Waals surface area contributed by atoms with Gasteiger partial charge in [0.1, 0.15) is 5.75 Å². The number of rotatable bonds is 1. The van der Waals surface area contributed by atoms with E-state index in [4.69, 9.17) is 0 Å². The quantitative estimate of drug-likeness (QED) is 0.703. The van der Waals surface area contributed by atoms with Crippen LogP contribution in [0.3, 0.4) is 0 Å². The van der Waals surface area contributed by atoms with E-state index in [0.29, 0.717) is 5.56 Å². The molecular formula is C24H26O4. The minimum absolute atomic E-state index is 0.0809. The molecule has 0 heterocycles. The molecule has 3 rings (SSSR count). The lowest BCUT2D eigenvalue weighted by molar-refractivity contribution is 0.0947. The van der Waals surface area contributed by atoms with Crippen LogP contribution in [0.4, 0.5) is 0 Å². The summed E-state index contributed by atoms with van der Waals surface area (Å²) in [7, 11) is 0. The highest BCUT2D eigenvalue weighted by molar-refractivity contribution is 6.40. The molecule has 4 nitrogen and oxygen atoms in total. The first-order chi connectivity index (χ1) is 12.8. The Morgan fingerprint density at radius 1 is 0.714 bits per heavy atom. The van der Waals surface area contributed by atoms with Gasteiger partial charge in [-0.25, -0.2) is 0 Å². The van der Waals surface area contributed by atoms with Gasteiger partial charge in [-0.2, -0.15) is 0 Å². The number of aliphatic hydroxyl groups is 1. The second-order valence-electron chi connectivity index (χ2n) is 9.35. The number of fused-ring (bicyclic) bond motifs is 1. The van der Waals surface area contributed by atoms with E-state index in [2.05, 4.69) is 0 Å². The van der Waals surface area contributed by atoms with E-state index in [0.717, 1.165) is 5.56 Å². The Morgan fingerprint density at radius 2 is 1.25 bits per heavy atom. The number of carbonyl (C=O) groups excluding carboxylic acids is 2. The van der Waals surface area contributed by atoms with Crippen molar-refractivity contribution in [2.24, 2.45) is 0 Å². The van der Waals surface area contributed by atoms with Crippen LogP contribution in [-0.4, -0.2) is 21.8 Å². The minimum Gasteiger partial charge on any atom is -0.507 e. The van der Waals surface area contributed by atoms with E-state index < -0.39 is 22.7 Å². The van der Waals surface area contributed by atoms with Crippen molar-refractivity contribution in [3.05, 3.63) is 70.0 Å². The van der Waals surface area contributed by atoms with Gasteiger partial charge in [0.25, 0.3) is 0 Å². The first kappa shape index (κ1) is 19.9. The van der Waals surface area contributed by atoms with Crippen molar-refractivity contribution >= 4 is 17.1 Å². The number of phenolic OH excluding ortho intramolecular Hbond substituents is 1. The highest BCUT2D eigenvalue weighted by Crippen LogP contribution is 2.43. The van der Waals surface area contributed by atoms with Gasteiger partial charge in [-0.15, -0.1) is 0 Å². The molecule has 0 aromatic heterocycles. The van der Waals surface area contributed by atoms with Crippen LogP contribution in [0, 0.1) is 0 Å². The number of aromatic hydroxyl groups is 1. The Balaban J connectivity index is 2.36. The van der Waals surface area contributed by atoms with Crippen LogP contribution in [0.15, 0.2) is 42.2 Å². The molecule has 1 aliphatic carbocycles. The van der Waals surface area contributed by atoms with Gasteiger partial charge in [0.05, 0.1) is 5.57 Å². The molecule has 0 fully saturated rings. The third-order valence-electron chi connectivity index (χ3n) is 5.15. The first-order valence-electron chi connectivity index (χ1n) is 9.34. The van der Waals surface area contributed by atoms with Crippen molar-refractivity contribution < 1.29 is 19.8 Å². The van der Waals surface area contributed by atoms with Crippen molar-refractivity contribution in [2.75, 3.05) is 0 Å². The van der Waals surface area contributed by atoms with Crippen molar-refractivity contribution in [3.8, 4) is 5.75 Å². The molecule has 2 aromatic rings. The van der Waals surface area contributed by atoms with Crippen LogP contribution in [0.1, 0.15) is 78.9 Å². The molecule has 28 heavy (non-hydrogen) atoms. The average Bonchev–Trinajstić information content (AvgIpc) is 2.59. The maximum Gasteiger partial charge on any atom is 0.228 e. The summed E-state index contributed by atoms with van der Waals surface area (Å²) >= 11 is 0. The molecule has 0 bridgehead atoms. The van der Waals surface area contributed by atoms with Crippen molar-refractivity contribution in [1.29, 1.82) is 0 Å². The Labute approximate surface area is 165 Å². The van der Waals surface area contributed by atoms with Gasteiger partial charge in [0.2, 0.25) is 5.78 Å². The lowest BCUT2D eigenvalue weighted by Crippen LogP contribution is -2.23. The van der Waals surface area contributed by atoms with E-state index in [-0.39, 0.29) is 33.4 Å². The molecule has 0 unspecified atom stereocenters. The number of allylic oxidation sites excluding steroid dienone is 2. The van der Waals surface area contributed by atoms with Crippen LogP contribution in [-0.2, 0) is 10.8 Å². The molecule has 0 saturated heterocycles. The van der Waals surface area contributed by atoms with E-state index in [9.17, 15) is 19.8 Å². The lowest BCUT2D eigenvalue weighted by atomic mass is 9.76. The summed E-state index contributed by atoms with van der Waals surface area (Å²) in [6.07, 6.45) is 0. The molecule has 2 aromatic carbocycles. The van der Waals surface area contributed by atoms with Crippen LogP contribution in [0.2, 0.25) is 0 Å². The molecule has 0 amide bonds. The standard InChI is InChI=1S/C24H26O4/c1-23(2,3)13-11-16(19(25)17(12-13)24(4,5)6)18-20(26)14-9-7-8-10-15(14)21(27)22(18)28/h7-12,25,28H,1-6H3. The molecule has 0 spiro atoms. The number of carbonyl (C=O) groups is 2. The Hall–Kier alpha value is -2.88. The maximum atomic E-state index is 13.2. The summed E-state index contributed by atoms with van der Waals surface area (Å²) in [6.45, 7) is 12.0. The normalized spacial score (nSPS) is 15.1. The minimum atomic E-state index is -0.620. The van der Waals surface area contributed by atoms with Gasteiger partial charge in [-0.1, -0.05) is 71.9 Å². The van der Waals surface area contributed by atoms with Gasteiger partial charge in [0.15, 0.2) is 11.5 Å². The summed E-state index contributed by atoms with van der Waals surface area (Å²) in [5, 5.41) is 21.6. The average molecular weight is 378 g/mol. The van der Waals surface area contributed by atoms with Gasteiger partial charge >= 0.3 is 0 Å². The predicted octanol–water partition coefficient (Wildman–Crippen LogP) is 5.34. The molecule has 0 aliphatic heterocycles. The van der Waals surface area contributed by atoms with Crippen LogP contribution in [0.5, 0.6) is 5.75 Å². The van der Waals surface area contributed by atoms with Gasteiger partial charge in [0, 0.05) is 22.3 Å². The number of hydrogen-bond acceptors (Lipinski definition) is 4. The predicted molar refractivity (Wildman–Crippen MR) is 110 cm³/mol. The number of aliphatic hydroxyl groups excluding tert-OH is 1.